The van der Waals surface area contributed by atoms with Gasteiger partial charge in [-0.25, -0.2) is 0 Å². The number of amides is 1. The van der Waals surface area contributed by atoms with Crippen molar-refractivity contribution < 1.29 is 24.2 Å². The van der Waals surface area contributed by atoms with E-state index in [1.165, 1.54) is 11.3 Å². The van der Waals surface area contributed by atoms with Gasteiger partial charge in [-0.2, -0.15) is 0 Å². The number of carbonyl (C=O) groups is 2. The van der Waals surface area contributed by atoms with Gasteiger partial charge in [0.2, 0.25) is 0 Å². The SMILES string of the molecule is CCOc1ccc(OCC(=O)NC(CC(=O)O)c2cccs2)cc1. The van der Waals surface area contributed by atoms with Crippen molar-refractivity contribution in [3.63, 3.8) is 0 Å². The Morgan fingerprint density at radius 1 is 1.17 bits per heavy atom. The van der Waals surface area contributed by atoms with E-state index in [1.807, 2.05) is 18.4 Å². The summed E-state index contributed by atoms with van der Waals surface area (Å²) in [5.74, 6) is -0.0716. The highest BCUT2D eigenvalue weighted by Gasteiger charge is 2.19. The Morgan fingerprint density at radius 3 is 2.38 bits per heavy atom. The van der Waals surface area contributed by atoms with E-state index in [9.17, 15) is 9.59 Å². The number of carboxylic acids is 1. The number of carbonyl (C=O) groups excluding carboxylic acids is 1. The Hall–Kier alpha value is -2.54. The Labute approximate surface area is 144 Å². The van der Waals surface area contributed by atoms with Gasteiger partial charge in [0.25, 0.3) is 5.91 Å². The average Bonchev–Trinajstić information content (AvgIpc) is 3.08. The zero-order chi connectivity index (χ0) is 17.4. The van der Waals surface area contributed by atoms with Crippen molar-refractivity contribution in [2.45, 2.75) is 19.4 Å². The fourth-order valence-corrected chi connectivity index (χ4v) is 2.85. The van der Waals surface area contributed by atoms with Crippen molar-refractivity contribution in [3.05, 3.63) is 46.7 Å². The lowest BCUT2D eigenvalue weighted by atomic mass is 10.1. The molecule has 0 spiro atoms. The fraction of sp³-hybridized carbons (Fsp3) is 0.294. The largest absolute Gasteiger partial charge is 0.494 e. The predicted octanol–water partition coefficient (Wildman–Crippen LogP) is 2.86. The lowest BCUT2D eigenvalue weighted by molar-refractivity contribution is -0.137. The van der Waals surface area contributed by atoms with E-state index in [0.717, 1.165) is 10.6 Å². The topological polar surface area (TPSA) is 84.9 Å². The number of rotatable bonds is 9. The number of benzene rings is 1. The molecule has 0 radical (unpaired) electrons. The smallest absolute Gasteiger partial charge is 0.305 e. The summed E-state index contributed by atoms with van der Waals surface area (Å²) in [4.78, 5) is 23.8. The summed E-state index contributed by atoms with van der Waals surface area (Å²) in [6.07, 6.45) is -0.171. The molecule has 0 aliphatic heterocycles. The van der Waals surface area contributed by atoms with Gasteiger partial charge in [-0.15, -0.1) is 11.3 Å². The molecule has 2 rings (SSSR count). The van der Waals surface area contributed by atoms with Gasteiger partial charge in [-0.05, 0) is 42.6 Å². The lowest BCUT2D eigenvalue weighted by Crippen LogP contribution is -2.33. The number of hydrogen-bond donors (Lipinski definition) is 2. The van der Waals surface area contributed by atoms with E-state index in [0.29, 0.717) is 12.4 Å². The van der Waals surface area contributed by atoms with E-state index in [2.05, 4.69) is 5.32 Å². The minimum Gasteiger partial charge on any atom is -0.494 e. The average molecular weight is 349 g/mol. The van der Waals surface area contributed by atoms with Gasteiger partial charge in [0.05, 0.1) is 19.1 Å². The minimum absolute atomic E-state index is 0.171. The molecule has 0 aliphatic carbocycles. The third-order valence-electron chi connectivity index (χ3n) is 3.11. The van der Waals surface area contributed by atoms with Crippen LogP contribution in [0.2, 0.25) is 0 Å². The maximum Gasteiger partial charge on any atom is 0.305 e. The van der Waals surface area contributed by atoms with Crippen molar-refractivity contribution in [2.24, 2.45) is 0 Å². The number of nitrogens with one attached hydrogen (secondary N) is 1. The molecule has 0 saturated heterocycles. The molecular formula is C17H19NO5S. The standard InChI is InChI=1S/C17H19NO5S/c1-2-22-12-5-7-13(8-6-12)23-11-16(19)18-14(10-17(20)21)15-4-3-9-24-15/h3-9,14H,2,10-11H2,1H3,(H,18,19)(H,20,21). The predicted molar refractivity (Wildman–Crippen MR) is 90.6 cm³/mol. The fourth-order valence-electron chi connectivity index (χ4n) is 2.07. The summed E-state index contributed by atoms with van der Waals surface area (Å²) < 4.78 is 10.7. The van der Waals surface area contributed by atoms with Crippen LogP contribution >= 0.6 is 11.3 Å². The normalized spacial score (nSPS) is 11.5. The Kier molecular flexibility index (Phi) is 6.62. The molecule has 1 atom stereocenters. The maximum absolute atomic E-state index is 12.0. The molecule has 24 heavy (non-hydrogen) atoms. The highest BCUT2D eigenvalue weighted by Crippen LogP contribution is 2.22. The molecule has 1 unspecified atom stereocenters. The molecule has 2 aromatic rings. The van der Waals surface area contributed by atoms with Crippen LogP contribution in [0.4, 0.5) is 0 Å². The first-order valence-electron chi connectivity index (χ1n) is 7.48. The highest BCUT2D eigenvalue weighted by molar-refractivity contribution is 7.10. The Balaban J connectivity index is 1.87. The van der Waals surface area contributed by atoms with Crippen LogP contribution in [0.15, 0.2) is 41.8 Å². The van der Waals surface area contributed by atoms with Crippen LogP contribution in [-0.4, -0.2) is 30.2 Å². The molecule has 1 heterocycles. The first-order valence-corrected chi connectivity index (χ1v) is 8.36. The van der Waals surface area contributed by atoms with E-state index >= 15 is 0 Å². The van der Waals surface area contributed by atoms with Gasteiger partial charge >= 0.3 is 5.97 Å². The summed E-state index contributed by atoms with van der Waals surface area (Å²) in [6.45, 7) is 2.29. The third-order valence-corrected chi connectivity index (χ3v) is 4.09. The zero-order valence-corrected chi connectivity index (χ0v) is 14.0. The van der Waals surface area contributed by atoms with Gasteiger partial charge in [-0.1, -0.05) is 6.07 Å². The number of ether oxygens (including phenoxy) is 2. The van der Waals surface area contributed by atoms with Gasteiger partial charge in [0.1, 0.15) is 11.5 Å². The Bertz CT molecular complexity index is 654. The van der Waals surface area contributed by atoms with E-state index < -0.39 is 12.0 Å². The van der Waals surface area contributed by atoms with Gasteiger partial charge in [-0.3, -0.25) is 9.59 Å². The van der Waals surface area contributed by atoms with Crippen molar-refractivity contribution in [1.29, 1.82) is 0 Å². The van der Waals surface area contributed by atoms with Gasteiger partial charge in [0, 0.05) is 4.88 Å². The van der Waals surface area contributed by atoms with Crippen LogP contribution in [-0.2, 0) is 9.59 Å². The minimum atomic E-state index is -0.971. The van der Waals surface area contributed by atoms with Crippen LogP contribution in [0, 0.1) is 0 Å². The zero-order valence-electron chi connectivity index (χ0n) is 13.2. The molecule has 0 fully saturated rings. The van der Waals surface area contributed by atoms with Crippen LogP contribution in [0.5, 0.6) is 11.5 Å². The van der Waals surface area contributed by atoms with E-state index in [-0.39, 0.29) is 18.9 Å². The molecular weight excluding hydrogens is 330 g/mol. The monoisotopic (exact) mass is 349 g/mol. The van der Waals surface area contributed by atoms with E-state index in [4.69, 9.17) is 14.6 Å². The van der Waals surface area contributed by atoms with Gasteiger partial charge in [0.15, 0.2) is 6.61 Å². The second-order valence-electron chi connectivity index (χ2n) is 4.93. The van der Waals surface area contributed by atoms with Crippen molar-refractivity contribution in [3.8, 4) is 11.5 Å². The second-order valence-corrected chi connectivity index (χ2v) is 5.91. The van der Waals surface area contributed by atoms with Crippen LogP contribution in [0.3, 0.4) is 0 Å². The number of hydrogen-bond acceptors (Lipinski definition) is 5. The quantitative estimate of drug-likeness (QED) is 0.727. The molecule has 1 aromatic carbocycles. The number of aliphatic carboxylic acids is 1. The van der Waals surface area contributed by atoms with Gasteiger partial charge < -0.3 is 19.9 Å². The molecule has 6 nitrogen and oxygen atoms in total. The van der Waals surface area contributed by atoms with Crippen molar-refractivity contribution in [2.75, 3.05) is 13.2 Å². The van der Waals surface area contributed by atoms with Crippen LogP contribution < -0.4 is 14.8 Å². The molecule has 0 saturated carbocycles. The third kappa shape index (κ3) is 5.58. The summed E-state index contributed by atoms with van der Waals surface area (Å²) >= 11 is 1.40. The molecule has 1 aromatic heterocycles. The number of carboxylic acid groups (broad SMARTS) is 1. The lowest BCUT2D eigenvalue weighted by Gasteiger charge is -2.16. The summed E-state index contributed by atoms with van der Waals surface area (Å²) in [5, 5.41) is 13.5. The van der Waals surface area contributed by atoms with Crippen molar-refractivity contribution >= 4 is 23.2 Å². The first-order chi connectivity index (χ1) is 11.6. The second kappa shape index (κ2) is 8.93. The van der Waals surface area contributed by atoms with E-state index in [1.54, 1.807) is 30.3 Å². The summed E-state index contributed by atoms with van der Waals surface area (Å²) in [5.41, 5.74) is 0. The summed E-state index contributed by atoms with van der Waals surface area (Å²) in [6, 6.07) is 10.0. The molecule has 1 amide bonds. The molecule has 0 aliphatic rings. The molecule has 128 valence electrons. The molecule has 7 heteroatoms. The first kappa shape index (κ1) is 17.8. The summed E-state index contributed by atoms with van der Waals surface area (Å²) in [7, 11) is 0. The Morgan fingerprint density at radius 2 is 1.83 bits per heavy atom. The highest BCUT2D eigenvalue weighted by atomic mass is 32.1. The molecule has 0 bridgehead atoms. The maximum atomic E-state index is 12.0. The molecule has 2 N–H and O–H groups in total. The van der Waals surface area contributed by atoms with Crippen LogP contribution in [0.25, 0.3) is 0 Å². The van der Waals surface area contributed by atoms with Crippen molar-refractivity contribution in [1.82, 2.24) is 5.32 Å². The number of thiophene rings is 1. The van der Waals surface area contributed by atoms with Crippen LogP contribution in [0.1, 0.15) is 24.3 Å².